The molecule has 0 fully saturated rings. The molecule has 0 saturated carbocycles. The zero-order chi connectivity index (χ0) is 16.9. The predicted molar refractivity (Wildman–Crippen MR) is 100 cm³/mol. The molecular formula is C18H17BrN4O. The highest BCUT2D eigenvalue weighted by atomic mass is 79.9. The number of fused-ring (bicyclic) bond motifs is 1. The Hall–Kier alpha value is -2.47. The first-order valence-electron chi connectivity index (χ1n) is 7.62. The van der Waals surface area contributed by atoms with Crippen molar-refractivity contribution in [1.29, 1.82) is 0 Å². The van der Waals surface area contributed by atoms with Gasteiger partial charge in [0.2, 0.25) is 5.91 Å². The Bertz CT molecular complexity index is 865. The number of rotatable bonds is 5. The maximum Gasteiger partial charge on any atom is 0.226 e. The molecule has 0 saturated heterocycles. The van der Waals surface area contributed by atoms with Crippen molar-refractivity contribution in [1.82, 2.24) is 9.97 Å². The number of amides is 1. The summed E-state index contributed by atoms with van der Waals surface area (Å²) in [5, 5.41) is 7.05. The van der Waals surface area contributed by atoms with Crippen molar-refractivity contribution in [3.63, 3.8) is 0 Å². The molecule has 0 atom stereocenters. The Morgan fingerprint density at radius 3 is 2.71 bits per heavy atom. The smallest absolute Gasteiger partial charge is 0.226 e. The van der Waals surface area contributed by atoms with E-state index in [-0.39, 0.29) is 5.91 Å². The second-order valence-electron chi connectivity index (χ2n) is 5.47. The topological polar surface area (TPSA) is 66.9 Å². The van der Waals surface area contributed by atoms with Gasteiger partial charge in [0.05, 0.1) is 5.52 Å². The highest BCUT2D eigenvalue weighted by molar-refractivity contribution is 9.10. The van der Waals surface area contributed by atoms with Crippen molar-refractivity contribution in [2.24, 2.45) is 0 Å². The Labute approximate surface area is 148 Å². The van der Waals surface area contributed by atoms with Gasteiger partial charge < -0.3 is 10.6 Å². The standard InChI is InChI=1S/C18H17BrN4O/c1-12-2-7-16-15(10-12)18(22-11-21-16)20-9-8-17(24)23-14-5-3-13(19)4-6-14/h2-7,10-11H,8-9H2,1H3,(H,23,24)(H,20,21,22). The molecule has 1 heterocycles. The largest absolute Gasteiger partial charge is 0.369 e. The summed E-state index contributed by atoms with van der Waals surface area (Å²) in [6.45, 7) is 2.53. The Morgan fingerprint density at radius 2 is 1.92 bits per heavy atom. The van der Waals surface area contributed by atoms with Crippen LogP contribution in [0.5, 0.6) is 0 Å². The molecule has 0 aliphatic heterocycles. The summed E-state index contributed by atoms with van der Waals surface area (Å²) in [7, 11) is 0. The lowest BCUT2D eigenvalue weighted by molar-refractivity contribution is -0.115. The van der Waals surface area contributed by atoms with Gasteiger partial charge in [-0.05, 0) is 43.3 Å². The van der Waals surface area contributed by atoms with Gasteiger partial charge >= 0.3 is 0 Å². The molecule has 5 nitrogen and oxygen atoms in total. The van der Waals surface area contributed by atoms with Gasteiger partial charge in [-0.15, -0.1) is 0 Å². The third-order valence-corrected chi connectivity index (χ3v) is 4.09. The van der Waals surface area contributed by atoms with Crippen LogP contribution in [0.4, 0.5) is 11.5 Å². The zero-order valence-corrected chi connectivity index (χ0v) is 14.8. The molecule has 0 bridgehead atoms. The highest BCUT2D eigenvalue weighted by Crippen LogP contribution is 2.20. The first-order chi connectivity index (χ1) is 11.6. The number of carbonyl (C=O) groups excluding carboxylic acids is 1. The molecule has 122 valence electrons. The summed E-state index contributed by atoms with van der Waals surface area (Å²) in [6, 6.07) is 13.5. The number of anilines is 2. The summed E-state index contributed by atoms with van der Waals surface area (Å²) in [5.41, 5.74) is 2.82. The van der Waals surface area contributed by atoms with Gasteiger partial charge in [0.15, 0.2) is 0 Å². The minimum absolute atomic E-state index is 0.0423. The van der Waals surface area contributed by atoms with Crippen LogP contribution in [0.15, 0.2) is 53.3 Å². The second kappa shape index (κ2) is 7.40. The number of hydrogen-bond acceptors (Lipinski definition) is 4. The molecule has 2 aromatic carbocycles. The molecular weight excluding hydrogens is 368 g/mol. The van der Waals surface area contributed by atoms with Crippen LogP contribution in [0.2, 0.25) is 0 Å². The van der Waals surface area contributed by atoms with Gasteiger partial charge in [-0.2, -0.15) is 0 Å². The van der Waals surface area contributed by atoms with E-state index in [0.717, 1.165) is 32.4 Å². The number of aryl methyl sites for hydroxylation is 1. The van der Waals surface area contributed by atoms with Gasteiger partial charge in [-0.3, -0.25) is 4.79 Å². The molecule has 0 aliphatic rings. The van der Waals surface area contributed by atoms with Gasteiger partial charge in [0.25, 0.3) is 0 Å². The number of aromatic nitrogens is 2. The summed E-state index contributed by atoms with van der Waals surface area (Å²) in [4.78, 5) is 20.5. The van der Waals surface area contributed by atoms with E-state index < -0.39 is 0 Å². The molecule has 1 amide bonds. The Balaban J connectivity index is 1.59. The van der Waals surface area contributed by atoms with E-state index in [4.69, 9.17) is 0 Å². The molecule has 0 aliphatic carbocycles. The molecule has 3 rings (SSSR count). The van der Waals surface area contributed by atoms with E-state index in [1.165, 1.54) is 6.33 Å². The fraction of sp³-hybridized carbons (Fsp3) is 0.167. The SMILES string of the molecule is Cc1ccc2ncnc(NCCC(=O)Nc3ccc(Br)cc3)c2c1. The van der Waals surface area contributed by atoms with E-state index in [2.05, 4.69) is 36.5 Å². The number of hydrogen-bond donors (Lipinski definition) is 2. The minimum atomic E-state index is -0.0423. The van der Waals surface area contributed by atoms with E-state index >= 15 is 0 Å². The monoisotopic (exact) mass is 384 g/mol. The molecule has 0 radical (unpaired) electrons. The number of nitrogens with zero attached hydrogens (tertiary/aromatic N) is 2. The van der Waals surface area contributed by atoms with Gasteiger partial charge in [-0.25, -0.2) is 9.97 Å². The summed E-state index contributed by atoms with van der Waals surface area (Å²) in [5.74, 6) is 0.708. The minimum Gasteiger partial charge on any atom is -0.369 e. The van der Waals surface area contributed by atoms with Crippen molar-refractivity contribution in [3.8, 4) is 0 Å². The predicted octanol–water partition coefficient (Wildman–Crippen LogP) is 4.14. The number of halogens is 1. The number of benzene rings is 2. The first kappa shape index (κ1) is 16.4. The lowest BCUT2D eigenvalue weighted by atomic mass is 10.1. The summed E-state index contributed by atoms with van der Waals surface area (Å²) < 4.78 is 0.980. The van der Waals surface area contributed by atoms with Crippen LogP contribution in [-0.4, -0.2) is 22.4 Å². The van der Waals surface area contributed by atoms with Gasteiger partial charge in [0, 0.05) is 28.5 Å². The molecule has 1 aromatic heterocycles. The van der Waals surface area contributed by atoms with Crippen LogP contribution in [0, 0.1) is 6.92 Å². The number of nitrogens with one attached hydrogen (secondary N) is 2. The van der Waals surface area contributed by atoms with Crippen molar-refractivity contribution in [3.05, 3.63) is 58.8 Å². The van der Waals surface area contributed by atoms with E-state index in [1.54, 1.807) is 0 Å². The van der Waals surface area contributed by atoms with E-state index in [9.17, 15) is 4.79 Å². The van der Waals surface area contributed by atoms with Crippen LogP contribution in [0.25, 0.3) is 10.9 Å². The molecule has 24 heavy (non-hydrogen) atoms. The highest BCUT2D eigenvalue weighted by Gasteiger charge is 2.06. The lowest BCUT2D eigenvalue weighted by Crippen LogP contribution is -2.16. The van der Waals surface area contributed by atoms with Crippen molar-refractivity contribution in [2.75, 3.05) is 17.2 Å². The number of carbonyl (C=O) groups is 1. The summed E-state index contributed by atoms with van der Waals surface area (Å²) >= 11 is 3.37. The average Bonchev–Trinajstić information content (AvgIpc) is 2.57. The molecule has 0 unspecified atom stereocenters. The fourth-order valence-corrected chi connectivity index (χ4v) is 2.63. The van der Waals surface area contributed by atoms with Gasteiger partial charge in [-0.1, -0.05) is 27.6 Å². The first-order valence-corrected chi connectivity index (χ1v) is 8.42. The average molecular weight is 385 g/mol. The lowest BCUT2D eigenvalue weighted by Gasteiger charge is -2.09. The molecule has 0 spiro atoms. The van der Waals surface area contributed by atoms with Crippen LogP contribution in [0.3, 0.4) is 0 Å². The van der Waals surface area contributed by atoms with Crippen LogP contribution in [-0.2, 0) is 4.79 Å². The normalized spacial score (nSPS) is 10.6. The third kappa shape index (κ3) is 4.08. The van der Waals surface area contributed by atoms with Crippen molar-refractivity contribution >= 4 is 44.2 Å². The van der Waals surface area contributed by atoms with Gasteiger partial charge in [0.1, 0.15) is 12.1 Å². The van der Waals surface area contributed by atoms with Crippen LogP contribution in [0.1, 0.15) is 12.0 Å². The summed E-state index contributed by atoms with van der Waals surface area (Å²) in [6.07, 6.45) is 1.88. The van der Waals surface area contributed by atoms with Crippen molar-refractivity contribution < 1.29 is 4.79 Å². The zero-order valence-electron chi connectivity index (χ0n) is 13.2. The second-order valence-corrected chi connectivity index (χ2v) is 6.39. The Morgan fingerprint density at radius 1 is 1.12 bits per heavy atom. The van der Waals surface area contributed by atoms with E-state index in [0.29, 0.717) is 13.0 Å². The van der Waals surface area contributed by atoms with E-state index in [1.807, 2.05) is 49.4 Å². The maximum atomic E-state index is 12.0. The fourth-order valence-electron chi connectivity index (χ4n) is 2.36. The van der Waals surface area contributed by atoms with Crippen LogP contribution >= 0.6 is 15.9 Å². The Kier molecular flexibility index (Phi) is 5.05. The molecule has 2 N–H and O–H groups in total. The molecule has 6 heteroatoms. The van der Waals surface area contributed by atoms with Crippen molar-refractivity contribution in [2.45, 2.75) is 13.3 Å². The third-order valence-electron chi connectivity index (χ3n) is 3.56. The molecule has 3 aromatic rings. The maximum absolute atomic E-state index is 12.0. The van der Waals surface area contributed by atoms with Crippen LogP contribution < -0.4 is 10.6 Å². The quantitative estimate of drug-likeness (QED) is 0.693.